The summed E-state index contributed by atoms with van der Waals surface area (Å²) in [7, 11) is 0. The lowest BCUT2D eigenvalue weighted by Gasteiger charge is -2.25. The number of allylic oxidation sites excluding steroid dienone is 2. The SMILES string of the molecule is C=C/C=C(\C=C)C(C)(O)c1ccccc1.CC. The molecule has 1 nitrogen and oxygen atoms in total. The Hall–Kier alpha value is -1.60. The molecule has 0 aliphatic rings. The van der Waals surface area contributed by atoms with Crippen LogP contribution >= 0.6 is 0 Å². The van der Waals surface area contributed by atoms with Gasteiger partial charge in [0.2, 0.25) is 0 Å². The number of rotatable bonds is 4. The Balaban J connectivity index is 0.00000121. The van der Waals surface area contributed by atoms with Crippen molar-refractivity contribution in [1.82, 2.24) is 0 Å². The molecule has 0 aliphatic heterocycles. The van der Waals surface area contributed by atoms with E-state index in [2.05, 4.69) is 13.2 Å². The van der Waals surface area contributed by atoms with Gasteiger partial charge in [0.1, 0.15) is 5.60 Å². The first-order valence-corrected chi connectivity index (χ1v) is 5.86. The average molecular weight is 230 g/mol. The standard InChI is InChI=1S/C14H16O.C2H6/c1-4-9-12(5-2)14(3,15)13-10-7-6-8-11-13;1-2/h4-11,15H,1-2H2,3H3;1-2H3/b12-9+;. The molecule has 0 saturated heterocycles. The van der Waals surface area contributed by atoms with E-state index in [1.54, 1.807) is 25.2 Å². The van der Waals surface area contributed by atoms with E-state index in [1.807, 2.05) is 44.2 Å². The third-order valence-corrected chi connectivity index (χ3v) is 2.42. The van der Waals surface area contributed by atoms with Crippen LogP contribution in [-0.2, 0) is 5.60 Å². The van der Waals surface area contributed by atoms with E-state index in [-0.39, 0.29) is 0 Å². The Kier molecular flexibility index (Phi) is 6.92. The Bertz CT molecular complexity index is 372. The molecular weight excluding hydrogens is 208 g/mol. The molecule has 17 heavy (non-hydrogen) atoms. The second-order valence-corrected chi connectivity index (χ2v) is 3.50. The molecule has 1 atom stereocenters. The highest BCUT2D eigenvalue weighted by Gasteiger charge is 2.25. The van der Waals surface area contributed by atoms with Crippen LogP contribution in [0, 0.1) is 0 Å². The third-order valence-electron chi connectivity index (χ3n) is 2.42. The normalized spacial score (nSPS) is 14.0. The summed E-state index contributed by atoms with van der Waals surface area (Å²) in [6.45, 7) is 13.1. The molecule has 1 unspecified atom stereocenters. The van der Waals surface area contributed by atoms with E-state index in [9.17, 15) is 5.11 Å². The molecule has 1 rings (SSSR count). The van der Waals surface area contributed by atoms with Gasteiger partial charge in [-0.25, -0.2) is 0 Å². The molecule has 1 aromatic carbocycles. The van der Waals surface area contributed by atoms with Crippen LogP contribution in [0.1, 0.15) is 26.3 Å². The molecule has 0 radical (unpaired) electrons. The molecule has 1 aromatic rings. The fraction of sp³-hybridized carbons (Fsp3) is 0.250. The van der Waals surface area contributed by atoms with Gasteiger partial charge in [0.05, 0.1) is 0 Å². The number of benzene rings is 1. The van der Waals surface area contributed by atoms with Gasteiger partial charge in [-0.15, -0.1) is 0 Å². The first kappa shape index (κ1) is 15.4. The van der Waals surface area contributed by atoms with Gasteiger partial charge in [-0.05, 0) is 18.1 Å². The minimum Gasteiger partial charge on any atom is -0.381 e. The van der Waals surface area contributed by atoms with E-state index < -0.39 is 5.60 Å². The first-order valence-electron chi connectivity index (χ1n) is 5.86. The van der Waals surface area contributed by atoms with E-state index >= 15 is 0 Å². The molecule has 0 heterocycles. The highest BCUT2D eigenvalue weighted by molar-refractivity contribution is 5.38. The van der Waals surface area contributed by atoms with Crippen molar-refractivity contribution in [2.24, 2.45) is 0 Å². The van der Waals surface area contributed by atoms with Gasteiger partial charge < -0.3 is 5.11 Å². The average Bonchev–Trinajstić information content (AvgIpc) is 2.39. The lowest BCUT2D eigenvalue weighted by molar-refractivity contribution is 0.101. The van der Waals surface area contributed by atoms with Crippen LogP contribution in [0.5, 0.6) is 0 Å². The van der Waals surface area contributed by atoms with Gasteiger partial charge in [-0.3, -0.25) is 0 Å². The van der Waals surface area contributed by atoms with E-state index in [4.69, 9.17) is 0 Å². The van der Waals surface area contributed by atoms with Crippen molar-refractivity contribution < 1.29 is 5.11 Å². The van der Waals surface area contributed by atoms with Gasteiger partial charge in [-0.1, -0.05) is 75.6 Å². The molecule has 0 saturated carbocycles. The van der Waals surface area contributed by atoms with Crippen LogP contribution in [0.3, 0.4) is 0 Å². The topological polar surface area (TPSA) is 20.2 Å². The maximum Gasteiger partial charge on any atom is 0.112 e. The van der Waals surface area contributed by atoms with Crippen LogP contribution in [-0.4, -0.2) is 5.11 Å². The monoisotopic (exact) mass is 230 g/mol. The molecule has 0 aliphatic carbocycles. The lowest BCUT2D eigenvalue weighted by atomic mass is 9.87. The van der Waals surface area contributed by atoms with Crippen molar-refractivity contribution in [2.45, 2.75) is 26.4 Å². The number of hydrogen-bond acceptors (Lipinski definition) is 1. The molecule has 0 spiro atoms. The molecule has 0 fully saturated rings. The van der Waals surface area contributed by atoms with Gasteiger partial charge in [0.15, 0.2) is 0 Å². The van der Waals surface area contributed by atoms with Crippen molar-refractivity contribution in [2.75, 3.05) is 0 Å². The highest BCUT2D eigenvalue weighted by atomic mass is 16.3. The predicted molar refractivity (Wildman–Crippen MR) is 75.8 cm³/mol. The largest absolute Gasteiger partial charge is 0.381 e. The zero-order valence-corrected chi connectivity index (χ0v) is 11.0. The molecule has 0 aromatic heterocycles. The molecule has 0 bridgehead atoms. The predicted octanol–water partition coefficient (Wildman–Crippen LogP) is 4.22. The molecular formula is C16H22O. The van der Waals surface area contributed by atoms with Crippen molar-refractivity contribution >= 4 is 0 Å². The fourth-order valence-corrected chi connectivity index (χ4v) is 1.49. The summed E-state index contributed by atoms with van der Waals surface area (Å²) in [6.07, 6.45) is 5.06. The number of aliphatic hydroxyl groups is 1. The number of hydrogen-bond donors (Lipinski definition) is 1. The first-order chi connectivity index (χ1) is 8.12. The molecule has 1 heteroatoms. The molecule has 0 amide bonds. The van der Waals surface area contributed by atoms with Gasteiger partial charge in [0, 0.05) is 0 Å². The van der Waals surface area contributed by atoms with E-state index in [0.717, 1.165) is 11.1 Å². The zero-order chi connectivity index (χ0) is 13.3. The fourth-order valence-electron chi connectivity index (χ4n) is 1.49. The van der Waals surface area contributed by atoms with Crippen LogP contribution in [0.15, 0.2) is 67.3 Å². The van der Waals surface area contributed by atoms with Gasteiger partial charge in [-0.2, -0.15) is 0 Å². The summed E-state index contributed by atoms with van der Waals surface area (Å²) in [4.78, 5) is 0. The summed E-state index contributed by atoms with van der Waals surface area (Å²) in [5.74, 6) is 0. The van der Waals surface area contributed by atoms with E-state index in [1.165, 1.54) is 0 Å². The Labute approximate surface area is 105 Å². The minimum absolute atomic E-state index is 0.740. The van der Waals surface area contributed by atoms with Crippen LogP contribution in [0.2, 0.25) is 0 Å². The quantitative estimate of drug-likeness (QED) is 0.768. The minimum atomic E-state index is -1.02. The molecule has 1 N–H and O–H groups in total. The van der Waals surface area contributed by atoms with Crippen molar-refractivity contribution in [1.29, 1.82) is 0 Å². The summed E-state index contributed by atoms with van der Waals surface area (Å²) >= 11 is 0. The van der Waals surface area contributed by atoms with Crippen LogP contribution in [0.25, 0.3) is 0 Å². The molecule has 92 valence electrons. The van der Waals surface area contributed by atoms with Crippen molar-refractivity contribution in [3.8, 4) is 0 Å². The van der Waals surface area contributed by atoms with Crippen molar-refractivity contribution in [3.63, 3.8) is 0 Å². The summed E-state index contributed by atoms with van der Waals surface area (Å²) in [6, 6.07) is 9.50. The Morgan fingerprint density at radius 2 is 1.71 bits per heavy atom. The Morgan fingerprint density at radius 3 is 2.12 bits per heavy atom. The second kappa shape index (κ2) is 7.64. The highest BCUT2D eigenvalue weighted by Crippen LogP contribution is 2.29. The van der Waals surface area contributed by atoms with E-state index in [0.29, 0.717) is 0 Å². The third kappa shape index (κ3) is 4.04. The summed E-state index contributed by atoms with van der Waals surface area (Å²) < 4.78 is 0. The van der Waals surface area contributed by atoms with Gasteiger partial charge in [0.25, 0.3) is 0 Å². The maximum atomic E-state index is 10.4. The van der Waals surface area contributed by atoms with Crippen LogP contribution < -0.4 is 0 Å². The lowest BCUT2D eigenvalue weighted by Crippen LogP contribution is -2.22. The van der Waals surface area contributed by atoms with Crippen molar-refractivity contribution in [3.05, 3.63) is 72.9 Å². The zero-order valence-electron chi connectivity index (χ0n) is 11.0. The second-order valence-electron chi connectivity index (χ2n) is 3.50. The summed E-state index contributed by atoms with van der Waals surface area (Å²) in [5.41, 5.74) is 0.568. The van der Waals surface area contributed by atoms with Crippen LogP contribution in [0.4, 0.5) is 0 Å². The summed E-state index contributed by atoms with van der Waals surface area (Å²) in [5, 5.41) is 10.4. The smallest absolute Gasteiger partial charge is 0.112 e. The van der Waals surface area contributed by atoms with Gasteiger partial charge >= 0.3 is 0 Å². The Morgan fingerprint density at radius 1 is 1.18 bits per heavy atom. The maximum absolute atomic E-state index is 10.4.